The Balaban J connectivity index is 1.96. The van der Waals surface area contributed by atoms with Crippen LogP contribution in [-0.2, 0) is 7.05 Å². The lowest BCUT2D eigenvalue weighted by atomic mass is 10.1. The maximum atomic E-state index is 5.68. The van der Waals surface area contributed by atoms with Gasteiger partial charge in [-0.2, -0.15) is 5.10 Å². The molecule has 2 heterocycles. The Hall–Kier alpha value is -3.48. The van der Waals surface area contributed by atoms with Crippen LogP contribution in [0.4, 0.5) is 5.95 Å². The van der Waals surface area contributed by atoms with Crippen LogP contribution in [0.2, 0.25) is 0 Å². The monoisotopic (exact) mass is 317 g/mol. The van der Waals surface area contributed by atoms with Crippen molar-refractivity contribution in [3.63, 3.8) is 0 Å². The fourth-order valence-electron chi connectivity index (χ4n) is 2.88. The second-order valence-corrected chi connectivity index (χ2v) is 5.38. The summed E-state index contributed by atoms with van der Waals surface area (Å²) < 4.78 is 2.16. The molecule has 7 nitrogen and oxygen atoms in total. The van der Waals surface area contributed by atoms with Crippen molar-refractivity contribution in [3.8, 4) is 11.3 Å². The van der Waals surface area contributed by atoms with Crippen LogP contribution in [0.1, 0.15) is 5.56 Å². The van der Waals surface area contributed by atoms with E-state index >= 15 is 0 Å². The SMILES string of the molecule is Cn1c(-c2ccccc2)c(C=Nn2nnnc2N)c2ccccc21. The highest BCUT2D eigenvalue weighted by Crippen LogP contribution is 2.31. The average Bonchev–Trinajstić information content (AvgIpc) is 3.15. The van der Waals surface area contributed by atoms with Crippen LogP contribution in [0.3, 0.4) is 0 Å². The molecule has 0 fully saturated rings. The Bertz CT molecular complexity index is 1030. The highest BCUT2D eigenvalue weighted by atomic mass is 15.7. The second kappa shape index (κ2) is 5.62. The number of aromatic nitrogens is 5. The molecular weight excluding hydrogens is 302 g/mol. The zero-order chi connectivity index (χ0) is 16.5. The van der Waals surface area contributed by atoms with Crippen molar-refractivity contribution in [1.29, 1.82) is 0 Å². The largest absolute Gasteiger partial charge is 0.365 e. The Morgan fingerprint density at radius 2 is 1.79 bits per heavy atom. The normalized spacial score (nSPS) is 11.5. The summed E-state index contributed by atoms with van der Waals surface area (Å²) in [7, 11) is 2.05. The van der Waals surface area contributed by atoms with Gasteiger partial charge in [-0.05, 0) is 22.1 Å². The molecule has 0 aliphatic rings. The van der Waals surface area contributed by atoms with Gasteiger partial charge in [-0.25, -0.2) is 0 Å². The quantitative estimate of drug-likeness (QED) is 0.587. The van der Waals surface area contributed by atoms with Gasteiger partial charge in [0, 0.05) is 23.5 Å². The van der Waals surface area contributed by atoms with Crippen LogP contribution in [0.25, 0.3) is 22.2 Å². The lowest BCUT2D eigenvalue weighted by Gasteiger charge is -2.05. The number of para-hydroxylation sites is 1. The molecule has 0 spiro atoms. The fourth-order valence-corrected chi connectivity index (χ4v) is 2.88. The molecule has 2 aromatic carbocycles. The van der Waals surface area contributed by atoms with E-state index in [4.69, 9.17) is 5.73 Å². The smallest absolute Gasteiger partial charge is 0.263 e. The minimum atomic E-state index is 0.146. The molecular formula is C17H15N7. The molecule has 0 unspecified atom stereocenters. The van der Waals surface area contributed by atoms with Crippen LogP contribution >= 0.6 is 0 Å². The van der Waals surface area contributed by atoms with E-state index in [0.717, 1.165) is 27.7 Å². The number of anilines is 1. The molecule has 24 heavy (non-hydrogen) atoms. The Morgan fingerprint density at radius 3 is 2.54 bits per heavy atom. The number of tetrazole rings is 1. The fraction of sp³-hybridized carbons (Fsp3) is 0.0588. The van der Waals surface area contributed by atoms with Gasteiger partial charge in [-0.15, -0.1) is 0 Å². The predicted molar refractivity (Wildman–Crippen MR) is 93.6 cm³/mol. The number of fused-ring (bicyclic) bond motifs is 1. The summed E-state index contributed by atoms with van der Waals surface area (Å²) in [6, 6.07) is 18.4. The first kappa shape index (κ1) is 14.1. The zero-order valence-corrected chi connectivity index (χ0v) is 13.0. The van der Waals surface area contributed by atoms with Crippen molar-refractivity contribution in [2.75, 3.05) is 5.73 Å². The van der Waals surface area contributed by atoms with Crippen LogP contribution in [-0.4, -0.2) is 31.1 Å². The molecule has 7 heteroatoms. The molecule has 4 rings (SSSR count). The van der Waals surface area contributed by atoms with E-state index < -0.39 is 0 Å². The van der Waals surface area contributed by atoms with E-state index in [1.807, 2.05) is 37.4 Å². The van der Waals surface area contributed by atoms with Gasteiger partial charge in [-0.1, -0.05) is 58.4 Å². The standard InChI is InChI=1S/C17H15N7/c1-23-15-10-6-5-9-13(15)14(11-19-24-17(18)20-21-22-24)16(23)12-7-3-2-4-8-12/h2-11H,1H3,(H2,18,20,22). The van der Waals surface area contributed by atoms with E-state index in [0.29, 0.717) is 0 Å². The van der Waals surface area contributed by atoms with Gasteiger partial charge in [0.15, 0.2) is 0 Å². The summed E-state index contributed by atoms with van der Waals surface area (Å²) in [4.78, 5) is 1.20. The zero-order valence-electron chi connectivity index (χ0n) is 13.0. The number of nitrogen functional groups attached to an aromatic ring is 1. The van der Waals surface area contributed by atoms with E-state index in [-0.39, 0.29) is 5.95 Å². The van der Waals surface area contributed by atoms with Crippen molar-refractivity contribution in [3.05, 3.63) is 60.2 Å². The van der Waals surface area contributed by atoms with E-state index in [9.17, 15) is 0 Å². The Kier molecular flexibility index (Phi) is 3.31. The number of nitrogens with zero attached hydrogens (tertiary/aromatic N) is 6. The van der Waals surface area contributed by atoms with E-state index in [2.05, 4.69) is 49.5 Å². The molecule has 0 atom stereocenters. The lowest BCUT2D eigenvalue weighted by Crippen LogP contribution is -2.00. The molecule has 2 aromatic heterocycles. The minimum absolute atomic E-state index is 0.146. The molecule has 0 bridgehead atoms. The number of rotatable bonds is 3. The molecule has 0 saturated heterocycles. The van der Waals surface area contributed by atoms with Gasteiger partial charge in [-0.3, -0.25) is 0 Å². The average molecular weight is 317 g/mol. The van der Waals surface area contributed by atoms with Crippen LogP contribution < -0.4 is 5.73 Å². The number of benzene rings is 2. The number of hydrogen-bond acceptors (Lipinski definition) is 5. The van der Waals surface area contributed by atoms with Crippen molar-refractivity contribution in [2.45, 2.75) is 0 Å². The summed E-state index contributed by atoms with van der Waals surface area (Å²) in [6.45, 7) is 0. The maximum absolute atomic E-state index is 5.68. The first-order valence-corrected chi connectivity index (χ1v) is 7.47. The van der Waals surface area contributed by atoms with Gasteiger partial charge < -0.3 is 10.3 Å². The van der Waals surface area contributed by atoms with Crippen molar-refractivity contribution < 1.29 is 0 Å². The highest BCUT2D eigenvalue weighted by molar-refractivity contribution is 6.06. The maximum Gasteiger partial charge on any atom is 0.263 e. The Labute approximate surface area is 138 Å². The van der Waals surface area contributed by atoms with Crippen molar-refractivity contribution in [1.82, 2.24) is 24.9 Å². The van der Waals surface area contributed by atoms with Gasteiger partial charge in [0.05, 0.1) is 11.9 Å². The first-order chi connectivity index (χ1) is 11.8. The molecule has 0 saturated carbocycles. The second-order valence-electron chi connectivity index (χ2n) is 5.38. The molecule has 2 N–H and O–H groups in total. The lowest BCUT2D eigenvalue weighted by molar-refractivity contribution is 0.700. The van der Waals surface area contributed by atoms with Gasteiger partial charge in [0.2, 0.25) is 0 Å². The third kappa shape index (κ3) is 2.23. The number of nitrogens with two attached hydrogens (primary N) is 1. The summed E-state index contributed by atoms with van der Waals surface area (Å²) in [5.74, 6) is 0.146. The summed E-state index contributed by atoms with van der Waals surface area (Å²) in [5, 5.41) is 16.3. The molecule has 0 radical (unpaired) electrons. The molecule has 0 aliphatic carbocycles. The molecule has 118 valence electrons. The summed E-state index contributed by atoms with van der Waals surface area (Å²) in [5.41, 5.74) is 9.99. The van der Waals surface area contributed by atoms with Crippen molar-refractivity contribution >= 4 is 23.1 Å². The minimum Gasteiger partial charge on any atom is -0.365 e. The number of hydrogen-bond donors (Lipinski definition) is 1. The third-order valence-electron chi connectivity index (χ3n) is 3.97. The molecule has 4 aromatic rings. The van der Waals surface area contributed by atoms with E-state index in [1.165, 1.54) is 4.79 Å². The first-order valence-electron chi connectivity index (χ1n) is 7.47. The van der Waals surface area contributed by atoms with Crippen LogP contribution in [0.5, 0.6) is 0 Å². The third-order valence-corrected chi connectivity index (χ3v) is 3.97. The topological polar surface area (TPSA) is 86.9 Å². The van der Waals surface area contributed by atoms with Gasteiger partial charge >= 0.3 is 0 Å². The van der Waals surface area contributed by atoms with Crippen LogP contribution in [0.15, 0.2) is 59.7 Å². The summed E-state index contributed by atoms with van der Waals surface area (Å²) >= 11 is 0. The summed E-state index contributed by atoms with van der Waals surface area (Å²) in [6.07, 6.45) is 1.75. The highest BCUT2D eigenvalue weighted by Gasteiger charge is 2.15. The van der Waals surface area contributed by atoms with Crippen molar-refractivity contribution in [2.24, 2.45) is 12.1 Å². The van der Waals surface area contributed by atoms with Crippen LogP contribution in [0, 0.1) is 0 Å². The molecule has 0 amide bonds. The van der Waals surface area contributed by atoms with E-state index in [1.54, 1.807) is 6.21 Å². The van der Waals surface area contributed by atoms with Gasteiger partial charge in [0.25, 0.3) is 5.95 Å². The number of aryl methyl sites for hydroxylation is 1. The van der Waals surface area contributed by atoms with Gasteiger partial charge in [0.1, 0.15) is 0 Å². The Morgan fingerprint density at radius 1 is 1.04 bits per heavy atom. The predicted octanol–water partition coefficient (Wildman–Crippen LogP) is 2.30. The molecule has 0 aliphatic heterocycles.